The summed E-state index contributed by atoms with van der Waals surface area (Å²) >= 11 is 0. The molecule has 8 nitrogen and oxygen atoms in total. The lowest BCUT2D eigenvalue weighted by atomic mass is 9.98. The van der Waals surface area contributed by atoms with Crippen LogP contribution in [0.2, 0.25) is 0 Å². The van der Waals surface area contributed by atoms with Gasteiger partial charge in [0, 0.05) is 64.6 Å². The SMILES string of the molecule is Cc1ccc2c(c1)c1cc(C)ccc1n2-c1c(-n2c3ccccc3c3cc4oc5ccccc5c4cc32)c(C#N)c(C#N)c(-n2c3ccccc3c3cc4oc5ccccc5c4cc32)c1-n1c2ccc(C)cc2c2cc(C)ccc21. The van der Waals surface area contributed by atoms with E-state index in [0.29, 0.717) is 11.4 Å². The highest BCUT2D eigenvalue weighted by molar-refractivity contribution is 6.21. The molecule has 17 aromatic rings. The molecule has 6 heterocycles. The smallest absolute Gasteiger partial charge is 0.136 e. The number of nitriles is 2. The number of benzene rings is 11. The minimum atomic E-state index is 0.239. The van der Waals surface area contributed by atoms with E-state index in [-0.39, 0.29) is 11.1 Å². The summed E-state index contributed by atoms with van der Waals surface area (Å²) in [6, 6.07) is 74.3. The minimum absolute atomic E-state index is 0.239. The van der Waals surface area contributed by atoms with Gasteiger partial charge < -0.3 is 27.1 Å². The Kier molecular flexibility index (Phi) is 8.81. The molecule has 11 aromatic carbocycles. The first-order chi connectivity index (χ1) is 39.2. The molecule has 0 aliphatic rings. The van der Waals surface area contributed by atoms with E-state index in [1.807, 2.05) is 36.4 Å². The summed E-state index contributed by atoms with van der Waals surface area (Å²) in [5, 5.41) is 37.1. The second kappa shape index (κ2) is 15.9. The van der Waals surface area contributed by atoms with Crippen LogP contribution < -0.4 is 0 Å². The zero-order valence-electron chi connectivity index (χ0n) is 44.0. The molecule has 80 heavy (non-hydrogen) atoms. The quantitative estimate of drug-likeness (QED) is 0.175. The number of furan rings is 2. The van der Waals surface area contributed by atoms with E-state index in [4.69, 9.17) is 8.83 Å². The Labute approximate surface area is 456 Å². The summed E-state index contributed by atoms with van der Waals surface area (Å²) in [5.74, 6) is 0. The summed E-state index contributed by atoms with van der Waals surface area (Å²) in [4.78, 5) is 0. The Hall–Kier alpha value is -10.8. The van der Waals surface area contributed by atoms with Crippen LogP contribution in [0.1, 0.15) is 33.4 Å². The van der Waals surface area contributed by atoms with Crippen molar-refractivity contribution in [2.24, 2.45) is 0 Å². The molecule has 0 bridgehead atoms. The van der Waals surface area contributed by atoms with Crippen LogP contribution >= 0.6 is 0 Å². The van der Waals surface area contributed by atoms with Gasteiger partial charge in [0.2, 0.25) is 0 Å². The number of hydrogen-bond acceptors (Lipinski definition) is 4. The number of para-hydroxylation sites is 4. The first-order valence-corrected chi connectivity index (χ1v) is 27.0. The Morgan fingerprint density at radius 1 is 0.263 bits per heavy atom. The molecule has 0 saturated carbocycles. The highest BCUT2D eigenvalue weighted by Gasteiger charge is 2.35. The first kappa shape index (κ1) is 44.3. The molecule has 0 aliphatic heterocycles. The van der Waals surface area contributed by atoms with Crippen LogP contribution in [0.25, 0.3) is 154 Å². The third kappa shape index (κ3) is 5.81. The van der Waals surface area contributed by atoms with Crippen LogP contribution in [0.3, 0.4) is 0 Å². The molecular weight excluding hydrogens is 981 g/mol. The molecule has 0 atom stereocenters. The molecule has 17 rings (SSSR count). The van der Waals surface area contributed by atoms with Gasteiger partial charge in [-0.3, -0.25) is 0 Å². The Morgan fingerprint density at radius 3 is 0.925 bits per heavy atom. The van der Waals surface area contributed by atoms with Crippen LogP contribution in [-0.2, 0) is 0 Å². The highest BCUT2D eigenvalue weighted by atomic mass is 16.3. The first-order valence-electron chi connectivity index (χ1n) is 27.0. The Bertz CT molecular complexity index is 5280. The van der Waals surface area contributed by atoms with Crippen LogP contribution in [0.15, 0.2) is 203 Å². The number of hydrogen-bond donors (Lipinski definition) is 0. The van der Waals surface area contributed by atoms with Gasteiger partial charge in [-0.1, -0.05) is 119 Å². The van der Waals surface area contributed by atoms with Gasteiger partial charge in [0.15, 0.2) is 0 Å². The maximum atomic E-state index is 12.5. The standard InChI is InChI=1S/C72H44N6O2/c1-39-21-25-59-47(29-39)48-30-40(2)22-26-60(48)75(59)71-69(77-57-17-9-5-13-43(57)51-35-67-53(33-63(51)77)45-15-7-11-19-65(45)79-67)55(37-73)56(38-74)70(72(71)76-61-27-23-41(3)31-49(61)50-32-42(4)24-28-62(50)76)78-58-18-10-6-14-44(58)52-36-68-54(34-64(52)78)46-16-8-12-20-66(46)80-68/h5-36H,1-4H3. The Morgan fingerprint density at radius 2 is 0.562 bits per heavy atom. The van der Waals surface area contributed by atoms with Gasteiger partial charge in [-0.05, 0) is 125 Å². The van der Waals surface area contributed by atoms with E-state index >= 15 is 0 Å². The third-order valence-corrected chi connectivity index (χ3v) is 17.0. The monoisotopic (exact) mass is 1020 g/mol. The molecule has 374 valence electrons. The zero-order chi connectivity index (χ0) is 53.4. The Balaban J connectivity index is 1.20. The lowest BCUT2D eigenvalue weighted by Crippen LogP contribution is -2.17. The maximum Gasteiger partial charge on any atom is 0.136 e. The third-order valence-electron chi connectivity index (χ3n) is 17.0. The van der Waals surface area contributed by atoms with E-state index in [1.54, 1.807) is 0 Å². The average Bonchev–Trinajstić information content (AvgIpc) is 4.49. The van der Waals surface area contributed by atoms with Crippen LogP contribution in [-0.4, -0.2) is 18.3 Å². The van der Waals surface area contributed by atoms with Crippen LogP contribution in [0.5, 0.6) is 0 Å². The van der Waals surface area contributed by atoms with E-state index in [1.165, 1.54) is 0 Å². The second-order valence-electron chi connectivity index (χ2n) is 21.8. The fourth-order valence-electron chi connectivity index (χ4n) is 13.6. The van der Waals surface area contributed by atoms with Gasteiger partial charge in [0.25, 0.3) is 0 Å². The van der Waals surface area contributed by atoms with E-state index in [9.17, 15) is 10.5 Å². The number of nitrogens with zero attached hydrogens (tertiary/aromatic N) is 6. The van der Waals surface area contributed by atoms with Crippen molar-refractivity contribution in [2.75, 3.05) is 0 Å². The fraction of sp³-hybridized carbons (Fsp3) is 0.0556. The van der Waals surface area contributed by atoms with Crippen LogP contribution in [0, 0.1) is 50.4 Å². The number of rotatable bonds is 4. The molecule has 0 unspecified atom stereocenters. The summed E-state index contributed by atoms with van der Waals surface area (Å²) in [5.41, 5.74) is 18.1. The highest BCUT2D eigenvalue weighted by Crippen LogP contribution is 2.51. The molecule has 6 aromatic heterocycles. The normalized spacial score (nSPS) is 12.2. The van der Waals surface area contributed by atoms with Gasteiger partial charge in [-0.15, -0.1) is 0 Å². The van der Waals surface area contributed by atoms with Gasteiger partial charge >= 0.3 is 0 Å². The maximum absolute atomic E-state index is 12.5. The van der Waals surface area contributed by atoms with E-state index in [0.717, 1.165) is 165 Å². The average molecular weight is 1030 g/mol. The van der Waals surface area contributed by atoms with Crippen molar-refractivity contribution in [3.8, 4) is 34.9 Å². The van der Waals surface area contributed by atoms with Crippen molar-refractivity contribution in [1.29, 1.82) is 10.5 Å². The predicted molar refractivity (Wildman–Crippen MR) is 327 cm³/mol. The van der Waals surface area contributed by atoms with Crippen molar-refractivity contribution in [1.82, 2.24) is 18.3 Å². The number of aryl methyl sites for hydroxylation is 4. The van der Waals surface area contributed by atoms with Crippen molar-refractivity contribution >= 4 is 131 Å². The topological polar surface area (TPSA) is 93.6 Å². The van der Waals surface area contributed by atoms with Gasteiger partial charge in [-0.2, -0.15) is 10.5 Å². The molecule has 8 heteroatoms. The summed E-state index contributed by atoms with van der Waals surface area (Å²) in [6.07, 6.45) is 0. The van der Waals surface area contributed by atoms with Crippen molar-refractivity contribution < 1.29 is 8.83 Å². The van der Waals surface area contributed by atoms with Crippen molar-refractivity contribution in [3.05, 3.63) is 228 Å². The number of fused-ring (bicyclic) bond motifs is 18. The molecule has 0 radical (unpaired) electrons. The molecule has 0 spiro atoms. The summed E-state index contributed by atoms with van der Waals surface area (Å²) in [7, 11) is 0. The molecule has 0 N–H and O–H groups in total. The lowest BCUT2D eigenvalue weighted by Gasteiger charge is -2.28. The number of aromatic nitrogens is 4. The summed E-state index contributed by atoms with van der Waals surface area (Å²) in [6.45, 7) is 8.58. The van der Waals surface area contributed by atoms with Gasteiger partial charge in [0.05, 0.1) is 78.0 Å². The van der Waals surface area contributed by atoms with Crippen molar-refractivity contribution in [2.45, 2.75) is 27.7 Å². The minimum Gasteiger partial charge on any atom is -0.456 e. The molecule has 0 aliphatic carbocycles. The molecule has 0 saturated heterocycles. The predicted octanol–water partition coefficient (Wildman–Crippen LogP) is 18.9. The lowest BCUT2D eigenvalue weighted by molar-refractivity contribution is 0.669. The van der Waals surface area contributed by atoms with E-state index < -0.39 is 0 Å². The van der Waals surface area contributed by atoms with E-state index in [2.05, 4.69) is 216 Å². The summed E-state index contributed by atoms with van der Waals surface area (Å²) < 4.78 is 22.6. The zero-order valence-corrected chi connectivity index (χ0v) is 44.0. The molecule has 0 amide bonds. The molecular formula is C72H44N6O2. The van der Waals surface area contributed by atoms with Crippen LogP contribution in [0.4, 0.5) is 0 Å². The second-order valence-corrected chi connectivity index (χ2v) is 21.8. The van der Waals surface area contributed by atoms with Gasteiger partial charge in [-0.25, -0.2) is 0 Å². The van der Waals surface area contributed by atoms with Crippen molar-refractivity contribution in [3.63, 3.8) is 0 Å². The fourth-order valence-corrected chi connectivity index (χ4v) is 13.6. The largest absolute Gasteiger partial charge is 0.456 e. The van der Waals surface area contributed by atoms with Gasteiger partial charge in [0.1, 0.15) is 34.5 Å². The molecule has 0 fully saturated rings.